The van der Waals surface area contributed by atoms with Crippen molar-refractivity contribution in [3.8, 4) is 11.3 Å². The predicted octanol–water partition coefficient (Wildman–Crippen LogP) is 11.9. The number of ketones is 1. The van der Waals surface area contributed by atoms with E-state index in [1.165, 1.54) is 10.9 Å². The van der Waals surface area contributed by atoms with Gasteiger partial charge in [0.05, 0.1) is 11.8 Å². The Morgan fingerprint density at radius 1 is 0.804 bits per heavy atom. The summed E-state index contributed by atoms with van der Waals surface area (Å²) in [7, 11) is 0. The summed E-state index contributed by atoms with van der Waals surface area (Å²) in [4.78, 5) is 17.5. The summed E-state index contributed by atoms with van der Waals surface area (Å²) in [6.07, 6.45) is 5.04. The number of carbonyl (C=O) groups excluding carboxylic acids is 1. The Morgan fingerprint density at radius 3 is 1.96 bits per heavy atom. The minimum Gasteiger partial charge on any atom is -0.511 e. The number of aliphatic hydroxyl groups excluding tert-OH is 1. The van der Waals surface area contributed by atoms with Crippen molar-refractivity contribution in [2.24, 2.45) is 10.8 Å². The van der Waals surface area contributed by atoms with Crippen molar-refractivity contribution >= 4 is 38.4 Å². The minimum absolute atomic E-state index is 0. The summed E-state index contributed by atoms with van der Waals surface area (Å²) in [6, 6.07) is 24.5. The normalized spacial score (nSPS) is 12.8. The summed E-state index contributed by atoms with van der Waals surface area (Å²) in [6.45, 7) is 20.7. The first kappa shape index (κ1) is 37.2. The van der Waals surface area contributed by atoms with E-state index in [-0.39, 0.29) is 47.9 Å². The third kappa shape index (κ3) is 7.16. The van der Waals surface area contributed by atoms with Gasteiger partial charge >= 0.3 is 0 Å². The van der Waals surface area contributed by atoms with Crippen molar-refractivity contribution in [3.63, 3.8) is 0 Å². The van der Waals surface area contributed by atoms with E-state index in [1.54, 1.807) is 13.2 Å². The molecule has 2 aromatic heterocycles. The van der Waals surface area contributed by atoms with Gasteiger partial charge in [0, 0.05) is 53.0 Å². The van der Waals surface area contributed by atoms with Gasteiger partial charge < -0.3 is 9.52 Å². The number of pyridine rings is 1. The topological polar surface area (TPSA) is 63.3 Å². The third-order valence-corrected chi connectivity index (χ3v) is 10.1. The Bertz CT molecular complexity index is 1850. The predicted molar refractivity (Wildman–Crippen MR) is 190 cm³/mol. The molecular formula is C41H50IrNO3-. The zero-order valence-electron chi connectivity index (χ0n) is 29.2. The summed E-state index contributed by atoms with van der Waals surface area (Å²) in [5.41, 5.74) is 4.86. The number of nitrogens with zero attached hydrogens (tertiary/aromatic N) is 1. The second-order valence-corrected chi connectivity index (χ2v) is 13.9. The molecule has 0 bridgehead atoms. The van der Waals surface area contributed by atoms with Crippen molar-refractivity contribution < 1.29 is 34.4 Å². The molecule has 3 aromatic carbocycles. The van der Waals surface area contributed by atoms with Crippen molar-refractivity contribution in [1.82, 2.24) is 4.98 Å². The molecule has 0 amide bonds. The van der Waals surface area contributed by atoms with Gasteiger partial charge in [-0.2, -0.15) is 0 Å². The van der Waals surface area contributed by atoms with Gasteiger partial charge in [-0.25, -0.2) is 0 Å². The van der Waals surface area contributed by atoms with Crippen LogP contribution < -0.4 is 0 Å². The molecule has 5 aromatic rings. The van der Waals surface area contributed by atoms with Gasteiger partial charge in [-0.15, -0.1) is 29.1 Å². The Morgan fingerprint density at radius 2 is 1.37 bits per heavy atom. The standard InChI is InChI=1S/C25H20NO.C16H30O2.Ir/c1-25(2,3)21-15-17(14-16-8-4-5-9-18(16)21)23-24-20(12-13-27-24)19-10-6-7-11-22(19)26-23;1-8-15(6,9-2)13(17)12(5)14(18)16(7,10-3)11-4;/h4-13,15H,1-3H3;17H,8-11H2,1-7H3;/q-1;;/b;13-12-;. The molecule has 0 aliphatic heterocycles. The maximum atomic E-state index is 12.5. The van der Waals surface area contributed by atoms with Crippen LogP contribution in [0, 0.1) is 16.9 Å². The summed E-state index contributed by atoms with van der Waals surface area (Å²) in [5.74, 6) is 0.378. The molecule has 5 heteroatoms. The SMILES string of the molecule is CC(C)(C)c1cc(-c2nc3ccccc3c3ccoc23)[c-]c2ccccc12.CCC(C)(CC)C(=O)/C(C)=C(\O)C(C)(CC)CC.[Ir]. The molecule has 1 N–H and O–H groups in total. The number of aromatic nitrogens is 1. The largest absolute Gasteiger partial charge is 0.511 e. The Hall–Kier alpha value is -3.27. The number of allylic oxidation sites excluding steroid dienone is 2. The van der Waals surface area contributed by atoms with Gasteiger partial charge in [-0.05, 0) is 50.2 Å². The zero-order valence-corrected chi connectivity index (χ0v) is 31.6. The van der Waals surface area contributed by atoms with E-state index in [2.05, 4.69) is 83.1 Å². The number of rotatable bonds is 8. The van der Waals surface area contributed by atoms with Gasteiger partial charge in [0.25, 0.3) is 0 Å². The zero-order chi connectivity index (χ0) is 33.2. The second-order valence-electron chi connectivity index (χ2n) is 13.9. The van der Waals surface area contributed by atoms with E-state index in [1.807, 2.05) is 45.9 Å². The number of aliphatic hydroxyl groups is 1. The molecule has 2 heterocycles. The van der Waals surface area contributed by atoms with E-state index < -0.39 is 0 Å². The molecule has 46 heavy (non-hydrogen) atoms. The van der Waals surface area contributed by atoms with Crippen LogP contribution in [0.15, 0.2) is 82.7 Å². The van der Waals surface area contributed by atoms with Crippen molar-refractivity contribution in [3.05, 3.63) is 89.9 Å². The number of para-hydroxylation sites is 1. The van der Waals surface area contributed by atoms with Crippen molar-refractivity contribution in [1.29, 1.82) is 0 Å². The fourth-order valence-electron chi connectivity index (χ4n) is 6.00. The quantitative estimate of drug-likeness (QED) is 0.0965. The number of hydrogen-bond acceptors (Lipinski definition) is 4. The first-order valence-electron chi connectivity index (χ1n) is 16.4. The van der Waals surface area contributed by atoms with Gasteiger partial charge in [0.1, 0.15) is 11.3 Å². The summed E-state index contributed by atoms with van der Waals surface area (Å²) in [5, 5.41) is 15.0. The summed E-state index contributed by atoms with van der Waals surface area (Å²) >= 11 is 0. The first-order valence-corrected chi connectivity index (χ1v) is 16.4. The fraction of sp³-hybridized carbons (Fsp3) is 0.415. The molecule has 0 spiro atoms. The molecule has 0 unspecified atom stereocenters. The molecule has 0 fully saturated rings. The number of fused-ring (bicyclic) bond motifs is 4. The number of hydrogen-bond donors (Lipinski definition) is 1. The Kier molecular flexibility index (Phi) is 11.8. The smallest absolute Gasteiger partial charge is 0.167 e. The molecule has 4 nitrogen and oxygen atoms in total. The molecule has 0 atom stereocenters. The van der Waals surface area contributed by atoms with E-state index in [0.717, 1.165) is 64.2 Å². The van der Waals surface area contributed by atoms with Crippen LogP contribution in [0.2, 0.25) is 0 Å². The Balaban J connectivity index is 0.000000269. The van der Waals surface area contributed by atoms with Gasteiger partial charge in [-0.1, -0.05) is 110 Å². The third-order valence-electron chi connectivity index (χ3n) is 10.1. The number of Topliss-reactive ketones (excluding diaryl/α,β-unsaturated/α-hetero) is 1. The maximum Gasteiger partial charge on any atom is 0.167 e. The van der Waals surface area contributed by atoms with Gasteiger partial charge in [-0.3, -0.25) is 9.78 Å². The van der Waals surface area contributed by atoms with Crippen LogP contribution in [0.25, 0.3) is 43.9 Å². The summed E-state index contributed by atoms with van der Waals surface area (Å²) < 4.78 is 5.87. The van der Waals surface area contributed by atoms with Gasteiger partial charge in [0.2, 0.25) is 0 Å². The van der Waals surface area contributed by atoms with Crippen LogP contribution in [0.4, 0.5) is 0 Å². The molecule has 1 radical (unpaired) electrons. The average Bonchev–Trinajstić information content (AvgIpc) is 3.56. The molecule has 0 aliphatic rings. The first-order chi connectivity index (χ1) is 21.2. The molecule has 0 saturated carbocycles. The Labute approximate surface area is 289 Å². The van der Waals surface area contributed by atoms with Gasteiger partial charge in [0.15, 0.2) is 5.78 Å². The number of furan rings is 1. The molecule has 247 valence electrons. The average molecular weight is 797 g/mol. The van der Waals surface area contributed by atoms with Crippen molar-refractivity contribution in [2.45, 2.75) is 100 Å². The fourth-order valence-corrected chi connectivity index (χ4v) is 6.00. The number of benzene rings is 3. The van der Waals surface area contributed by atoms with E-state index in [4.69, 9.17) is 9.40 Å². The molecule has 0 saturated heterocycles. The second kappa shape index (κ2) is 14.7. The minimum atomic E-state index is -0.347. The van der Waals surface area contributed by atoms with Crippen LogP contribution in [0.3, 0.4) is 0 Å². The van der Waals surface area contributed by atoms with E-state index in [9.17, 15) is 9.90 Å². The monoisotopic (exact) mass is 797 g/mol. The van der Waals surface area contributed by atoms with Crippen LogP contribution in [-0.4, -0.2) is 15.9 Å². The molecular weight excluding hydrogens is 747 g/mol. The van der Waals surface area contributed by atoms with Crippen LogP contribution in [-0.2, 0) is 30.3 Å². The maximum absolute atomic E-state index is 12.5. The van der Waals surface area contributed by atoms with E-state index >= 15 is 0 Å². The van der Waals surface area contributed by atoms with Crippen LogP contribution in [0.1, 0.15) is 100 Å². The molecule has 5 rings (SSSR count). The van der Waals surface area contributed by atoms with E-state index in [0.29, 0.717) is 5.57 Å². The van der Waals surface area contributed by atoms with Crippen LogP contribution in [0.5, 0.6) is 0 Å². The molecule has 0 aliphatic carbocycles. The van der Waals surface area contributed by atoms with Crippen molar-refractivity contribution in [2.75, 3.05) is 0 Å². The van der Waals surface area contributed by atoms with Crippen LogP contribution >= 0.6 is 0 Å². The number of carbonyl (C=O) groups is 1.